The van der Waals surface area contributed by atoms with Crippen LogP contribution in [0.2, 0.25) is 0 Å². The molecule has 1 aliphatic carbocycles. The lowest BCUT2D eigenvalue weighted by atomic mass is 9.95. The monoisotopic (exact) mass is 666 g/mol. The zero-order chi connectivity index (χ0) is 38.0. The van der Waals surface area contributed by atoms with Crippen LogP contribution >= 0.6 is 0 Å². The number of halogens is 6. The summed E-state index contributed by atoms with van der Waals surface area (Å²) in [5.74, 6) is -9.61. The lowest BCUT2D eigenvalue weighted by molar-refractivity contribution is 0.107. The Hall–Kier alpha value is -4.11. The Morgan fingerprint density at radius 2 is 1.98 bits per heavy atom. The van der Waals surface area contributed by atoms with E-state index in [1.54, 1.807) is 4.90 Å². The molecule has 1 saturated carbocycles. The molecular formula is C32H30F6N6O3. The van der Waals surface area contributed by atoms with Crippen molar-refractivity contribution in [1.82, 2.24) is 19.9 Å². The number of nitrogens with two attached hydrogens (primary N) is 1. The minimum atomic E-state index is -3.38. The Bertz CT molecular complexity index is 2190. The highest BCUT2D eigenvalue weighted by atomic mass is 19.2. The van der Waals surface area contributed by atoms with Crippen molar-refractivity contribution in [3.05, 3.63) is 41.6 Å². The summed E-state index contributed by atoms with van der Waals surface area (Å²) in [7, 11) is -3.38. The van der Waals surface area contributed by atoms with Crippen LogP contribution in [0, 0.1) is 29.2 Å². The quantitative estimate of drug-likeness (QED) is 0.171. The first-order chi connectivity index (χ1) is 24.8. The summed E-state index contributed by atoms with van der Waals surface area (Å²) < 4.78 is 157. The molecule has 3 saturated heterocycles. The molecule has 4 aromatic rings. The number of pyridine rings is 1. The van der Waals surface area contributed by atoms with E-state index >= 15 is 17.6 Å². The normalized spacial score (nSPS) is 31.3. The van der Waals surface area contributed by atoms with Gasteiger partial charge in [-0.05, 0) is 31.5 Å². The van der Waals surface area contributed by atoms with Crippen LogP contribution in [-0.2, 0) is 4.74 Å². The number of aromatic nitrogens is 3. The van der Waals surface area contributed by atoms with Crippen LogP contribution in [0.4, 0.5) is 37.8 Å². The van der Waals surface area contributed by atoms with Crippen molar-refractivity contribution in [3.63, 3.8) is 0 Å². The van der Waals surface area contributed by atoms with Gasteiger partial charge in [0, 0.05) is 53.6 Å². The van der Waals surface area contributed by atoms with Gasteiger partial charge in [-0.25, -0.2) is 22.0 Å². The summed E-state index contributed by atoms with van der Waals surface area (Å²) in [6, 6.07) is 0.00216. The molecule has 0 bridgehead atoms. The van der Waals surface area contributed by atoms with Gasteiger partial charge in [0.05, 0.1) is 45.4 Å². The third kappa shape index (κ3) is 4.64. The minimum Gasteiger partial charge on any atom is -0.493 e. The molecule has 5 atom stereocenters. The molecule has 248 valence electrons. The molecule has 3 aliphatic heterocycles. The highest BCUT2D eigenvalue weighted by Crippen LogP contribution is 2.46. The van der Waals surface area contributed by atoms with Gasteiger partial charge < -0.3 is 24.8 Å². The Balaban J connectivity index is 1.35. The van der Waals surface area contributed by atoms with Crippen LogP contribution in [0.15, 0.2) is 18.3 Å². The van der Waals surface area contributed by atoms with E-state index in [-0.39, 0.29) is 56.0 Å². The average Bonchev–Trinajstić information content (AvgIpc) is 3.25. The van der Waals surface area contributed by atoms with Crippen LogP contribution in [0.5, 0.6) is 11.8 Å². The predicted octanol–water partition coefficient (Wildman–Crippen LogP) is 5.12. The molecule has 0 unspecified atom stereocenters. The van der Waals surface area contributed by atoms with Gasteiger partial charge in [-0.3, -0.25) is 9.88 Å². The van der Waals surface area contributed by atoms with E-state index in [1.807, 2.05) is 0 Å². The van der Waals surface area contributed by atoms with E-state index in [9.17, 15) is 8.78 Å². The van der Waals surface area contributed by atoms with E-state index in [0.717, 1.165) is 18.3 Å². The molecule has 0 spiro atoms. The standard InChI is InChI=1S/C32H30F6N6O3/c1-45-29-20-16(21(34)23(36)24(29)37)7-15(39)8-17(20)26-25(38)27-18(10-40-26)30(44-5-6-46-12-19-22(35)28(19)44)42-31(41-27)47-13-32-3-2-4-43(32)11-14(33)9-32/h7-8,10,14,19,22,28H,2-6,9,11-13,39H2,1H3/t14-,19+,22+,28+,32+/m1/s1/i1D3,13D2,22D. The lowest BCUT2D eigenvalue weighted by Gasteiger charge is -2.31. The molecule has 2 N–H and O–H groups in total. The van der Waals surface area contributed by atoms with Gasteiger partial charge in [0.15, 0.2) is 23.2 Å². The summed E-state index contributed by atoms with van der Waals surface area (Å²) in [5, 5.41) is -1.67. The molecule has 2 aromatic carbocycles. The fourth-order valence-corrected chi connectivity index (χ4v) is 7.22. The maximum atomic E-state index is 17.1. The van der Waals surface area contributed by atoms with Crippen molar-refractivity contribution in [3.8, 4) is 23.0 Å². The van der Waals surface area contributed by atoms with Gasteiger partial charge >= 0.3 is 6.01 Å². The number of ether oxygens (including phenoxy) is 3. The van der Waals surface area contributed by atoms with Gasteiger partial charge in [-0.1, -0.05) is 0 Å². The molecule has 47 heavy (non-hydrogen) atoms. The maximum absolute atomic E-state index is 17.1. The second-order valence-corrected chi connectivity index (χ2v) is 12.2. The van der Waals surface area contributed by atoms with E-state index in [0.29, 0.717) is 13.0 Å². The first kappa shape index (κ1) is 24.1. The van der Waals surface area contributed by atoms with Crippen LogP contribution in [0.3, 0.4) is 0 Å². The smallest absolute Gasteiger partial charge is 0.319 e. The van der Waals surface area contributed by atoms with Gasteiger partial charge in [-0.2, -0.15) is 14.4 Å². The number of benzene rings is 2. The van der Waals surface area contributed by atoms with Crippen LogP contribution in [-0.4, -0.2) is 90.2 Å². The number of nitrogen functional groups attached to an aromatic ring is 1. The zero-order valence-electron chi connectivity index (χ0n) is 30.4. The van der Waals surface area contributed by atoms with Crippen molar-refractivity contribution in [2.75, 3.05) is 57.1 Å². The van der Waals surface area contributed by atoms with Crippen molar-refractivity contribution in [2.45, 2.75) is 43.2 Å². The second kappa shape index (κ2) is 11.0. The lowest BCUT2D eigenvalue weighted by Crippen LogP contribution is -2.43. The molecule has 4 aliphatic rings. The summed E-state index contributed by atoms with van der Waals surface area (Å²) >= 11 is 0. The fourth-order valence-electron chi connectivity index (χ4n) is 7.22. The van der Waals surface area contributed by atoms with E-state index in [2.05, 4.69) is 15.0 Å². The highest BCUT2D eigenvalue weighted by molar-refractivity contribution is 6.04. The molecule has 9 nitrogen and oxygen atoms in total. The number of fused-ring (bicyclic) bond motifs is 4. The summed E-state index contributed by atoms with van der Waals surface area (Å²) in [4.78, 5) is 15.7. The van der Waals surface area contributed by atoms with Gasteiger partial charge in [0.1, 0.15) is 35.9 Å². The first-order valence-electron chi connectivity index (χ1n) is 17.9. The molecule has 2 aromatic heterocycles. The van der Waals surface area contributed by atoms with Crippen molar-refractivity contribution >= 4 is 33.2 Å². The predicted molar refractivity (Wildman–Crippen MR) is 160 cm³/mol. The number of alkyl halides is 2. The number of methoxy groups -OCH3 is 1. The van der Waals surface area contributed by atoms with Crippen LogP contribution in [0.1, 0.15) is 27.5 Å². The molecule has 4 fully saturated rings. The Morgan fingerprint density at radius 1 is 1.13 bits per heavy atom. The van der Waals surface area contributed by atoms with Crippen molar-refractivity contribution in [2.24, 2.45) is 5.92 Å². The number of anilines is 2. The number of nitrogens with zero attached hydrogens (tertiary/aromatic N) is 5. The van der Waals surface area contributed by atoms with Crippen LogP contribution in [0.25, 0.3) is 32.9 Å². The Morgan fingerprint density at radius 3 is 2.81 bits per heavy atom. The third-order valence-electron chi connectivity index (χ3n) is 9.43. The van der Waals surface area contributed by atoms with E-state index in [4.69, 9.17) is 28.2 Å². The largest absolute Gasteiger partial charge is 0.493 e. The highest BCUT2D eigenvalue weighted by Gasteiger charge is 2.56. The van der Waals surface area contributed by atoms with Crippen LogP contribution < -0.4 is 20.1 Å². The van der Waals surface area contributed by atoms with E-state index < -0.39 is 106 Å². The Labute approximate surface area is 273 Å². The molecule has 15 heteroatoms. The minimum absolute atomic E-state index is 0.0258. The van der Waals surface area contributed by atoms with Gasteiger partial charge in [-0.15, -0.1) is 0 Å². The molecule has 0 radical (unpaired) electrons. The van der Waals surface area contributed by atoms with Crippen molar-refractivity contribution < 1.29 is 48.8 Å². The first-order valence-corrected chi connectivity index (χ1v) is 14.9. The maximum Gasteiger partial charge on any atom is 0.319 e. The number of hydrogen-bond donors (Lipinski definition) is 1. The van der Waals surface area contributed by atoms with Crippen molar-refractivity contribution in [1.29, 1.82) is 0 Å². The van der Waals surface area contributed by atoms with Gasteiger partial charge in [0.25, 0.3) is 0 Å². The summed E-state index contributed by atoms with van der Waals surface area (Å²) in [6.45, 7) is -2.36. The molecule has 8 rings (SSSR count). The second-order valence-electron chi connectivity index (χ2n) is 12.2. The van der Waals surface area contributed by atoms with E-state index in [1.165, 1.54) is 4.90 Å². The molecular weight excluding hydrogens is 630 g/mol. The SMILES string of the molecule is [2H]C([2H])([2H])Oc1c(F)c(F)c(F)c2cc(N)cc(-c3ncc4c(N5CCOC[C@@H]6[C@H]5[C@@]6([2H])F)nc(OC([2H])([2H])[C@@]56CCCN5C[C@H](F)C6)nc4c3F)c12. The molecule has 0 amide bonds. The number of hydrogen-bond acceptors (Lipinski definition) is 9. The summed E-state index contributed by atoms with van der Waals surface area (Å²) in [6.07, 6.45) is -2.22. The Kier molecular flexibility index (Phi) is 5.63. The topological polar surface area (TPSA) is 98.9 Å². The molecule has 5 heterocycles. The van der Waals surface area contributed by atoms with Gasteiger partial charge in [0.2, 0.25) is 5.82 Å². The third-order valence-corrected chi connectivity index (χ3v) is 9.43. The summed E-state index contributed by atoms with van der Waals surface area (Å²) in [5.41, 5.74) is 2.39. The number of rotatable bonds is 6. The zero-order valence-corrected chi connectivity index (χ0v) is 24.4. The average molecular weight is 667 g/mol. The fraction of sp³-hybridized carbons (Fsp3) is 0.469.